The monoisotopic (exact) mass is 360 g/mol. The molecule has 1 heterocycles. The number of ketones is 2. The Morgan fingerprint density at radius 3 is 1.73 bits per heavy atom. The Hall–Kier alpha value is 0.490. The van der Waals surface area contributed by atoms with Gasteiger partial charge >= 0.3 is 0 Å². The highest BCUT2D eigenvalue weighted by atomic mass is 79.9. The average Bonchev–Trinajstić information content (AvgIpc) is 2.01. The molecule has 1 aliphatic heterocycles. The normalized spacial score (nSPS) is 33.0. The van der Waals surface area contributed by atoms with Crippen LogP contribution in [0.5, 0.6) is 0 Å². The highest BCUT2D eigenvalue weighted by molar-refractivity contribution is 9.12. The molecule has 0 bridgehead atoms. The van der Waals surface area contributed by atoms with Crippen molar-refractivity contribution in [2.45, 2.75) is 22.5 Å². The predicted octanol–water partition coefficient (Wildman–Crippen LogP) is 1.72. The van der Waals surface area contributed by atoms with Gasteiger partial charge in [0.15, 0.2) is 0 Å². The van der Waals surface area contributed by atoms with Gasteiger partial charge in [0.1, 0.15) is 11.6 Å². The number of hydrogen-bond acceptors (Lipinski definition) is 3. The zero-order chi connectivity index (χ0) is 11.6. The summed E-state index contributed by atoms with van der Waals surface area (Å²) in [5, 5.41) is 0. The van der Waals surface area contributed by atoms with Gasteiger partial charge in [-0.3, -0.25) is 14.2 Å². The number of carbonyl (C=O) groups is 2. The zero-order valence-electron chi connectivity index (χ0n) is 7.86. The van der Waals surface area contributed by atoms with Gasteiger partial charge in [-0.25, -0.2) is 0 Å². The van der Waals surface area contributed by atoms with Crippen LogP contribution in [0.3, 0.4) is 0 Å². The number of halogens is 2. The van der Waals surface area contributed by atoms with Gasteiger partial charge in [-0.05, 0) is 0 Å². The molecule has 0 aromatic rings. The van der Waals surface area contributed by atoms with Crippen LogP contribution < -0.4 is 0 Å². The maximum atomic E-state index is 11.5. The van der Waals surface area contributed by atoms with Crippen molar-refractivity contribution in [2.75, 3.05) is 12.3 Å². The van der Waals surface area contributed by atoms with E-state index < -0.39 is 7.37 Å². The maximum Gasteiger partial charge on any atom is 0.215 e. The lowest BCUT2D eigenvalue weighted by atomic mass is 10.1. The van der Waals surface area contributed by atoms with Gasteiger partial charge in [-0.15, -0.1) is 0 Å². The Morgan fingerprint density at radius 1 is 1.07 bits per heavy atom. The smallest absolute Gasteiger partial charge is 0.215 e. The van der Waals surface area contributed by atoms with Crippen molar-refractivity contribution in [1.29, 1.82) is 0 Å². The van der Waals surface area contributed by atoms with Crippen molar-refractivity contribution < 1.29 is 19.0 Å². The SMILES string of the molecule is O=C1C[C@@H](Br)[C@H](Br)CC(=O)CP(=O)(O)C1. The third-order valence-corrected chi connectivity index (χ3v) is 6.41. The van der Waals surface area contributed by atoms with Crippen LogP contribution >= 0.6 is 39.2 Å². The van der Waals surface area contributed by atoms with Crippen LogP contribution in [0.15, 0.2) is 0 Å². The van der Waals surface area contributed by atoms with Crippen LogP contribution in [-0.2, 0) is 14.2 Å². The molecule has 0 aliphatic carbocycles. The third kappa shape index (κ3) is 4.47. The van der Waals surface area contributed by atoms with Crippen molar-refractivity contribution in [2.24, 2.45) is 0 Å². The molecule has 15 heavy (non-hydrogen) atoms. The summed E-state index contributed by atoms with van der Waals surface area (Å²) in [6.45, 7) is 0. The van der Waals surface area contributed by atoms with Crippen molar-refractivity contribution in [1.82, 2.24) is 0 Å². The topological polar surface area (TPSA) is 71.4 Å². The Morgan fingerprint density at radius 2 is 1.40 bits per heavy atom. The van der Waals surface area contributed by atoms with E-state index in [4.69, 9.17) is 0 Å². The van der Waals surface area contributed by atoms with E-state index in [1.807, 2.05) is 0 Å². The maximum absolute atomic E-state index is 11.5. The van der Waals surface area contributed by atoms with Crippen molar-refractivity contribution >= 4 is 50.8 Å². The quantitative estimate of drug-likeness (QED) is 0.526. The molecule has 7 heteroatoms. The fourth-order valence-electron chi connectivity index (χ4n) is 1.43. The van der Waals surface area contributed by atoms with Crippen LogP contribution in [0.4, 0.5) is 0 Å². The first kappa shape index (κ1) is 13.6. The molecule has 86 valence electrons. The van der Waals surface area contributed by atoms with Gasteiger partial charge in [-0.1, -0.05) is 31.9 Å². The molecule has 2 atom stereocenters. The van der Waals surface area contributed by atoms with Crippen LogP contribution in [0.2, 0.25) is 0 Å². The fraction of sp³-hybridized carbons (Fsp3) is 0.750. The fourth-order valence-corrected chi connectivity index (χ4v) is 4.00. The molecule has 0 spiro atoms. The molecule has 0 saturated carbocycles. The summed E-state index contributed by atoms with van der Waals surface area (Å²) in [6, 6.07) is 0. The molecule has 1 rings (SSSR count). The van der Waals surface area contributed by atoms with Crippen LogP contribution in [-0.4, -0.2) is 38.4 Å². The third-order valence-electron chi connectivity index (χ3n) is 2.08. The van der Waals surface area contributed by atoms with Gasteiger partial charge in [-0.2, -0.15) is 0 Å². The number of rotatable bonds is 0. The van der Waals surface area contributed by atoms with Crippen LogP contribution in [0.1, 0.15) is 12.8 Å². The minimum absolute atomic E-state index is 0.160. The van der Waals surface area contributed by atoms with E-state index in [1.54, 1.807) is 0 Å². The molecule has 1 fully saturated rings. The number of Topliss-reactive ketones (excluding diaryl/α,β-unsaturated/α-hetero) is 2. The van der Waals surface area contributed by atoms with Crippen molar-refractivity contribution in [3.8, 4) is 0 Å². The lowest BCUT2D eigenvalue weighted by molar-refractivity contribution is -0.117. The van der Waals surface area contributed by atoms with Gasteiger partial charge < -0.3 is 4.89 Å². The molecule has 1 N–H and O–H groups in total. The van der Waals surface area contributed by atoms with E-state index in [9.17, 15) is 19.0 Å². The molecular weight excluding hydrogens is 351 g/mol. The molecule has 0 radical (unpaired) electrons. The zero-order valence-corrected chi connectivity index (χ0v) is 11.9. The van der Waals surface area contributed by atoms with Crippen molar-refractivity contribution in [3.63, 3.8) is 0 Å². The molecule has 0 amide bonds. The molecule has 4 nitrogen and oxygen atoms in total. The van der Waals surface area contributed by atoms with E-state index in [-0.39, 0.29) is 46.4 Å². The van der Waals surface area contributed by atoms with E-state index in [0.717, 1.165) is 0 Å². The molecule has 1 saturated heterocycles. The molecule has 1 aliphatic rings. The number of hydrogen-bond donors (Lipinski definition) is 1. The summed E-state index contributed by atoms with van der Waals surface area (Å²) in [5.41, 5.74) is 0. The van der Waals surface area contributed by atoms with Gasteiger partial charge in [0.05, 0.1) is 12.3 Å². The number of alkyl halides is 2. The summed E-state index contributed by atoms with van der Waals surface area (Å²) in [7, 11) is -3.59. The summed E-state index contributed by atoms with van der Waals surface area (Å²) >= 11 is 6.57. The summed E-state index contributed by atoms with van der Waals surface area (Å²) in [6.07, 6.45) is -0.428. The summed E-state index contributed by atoms with van der Waals surface area (Å²) in [4.78, 5) is 31.8. The molecular formula is C8H11Br2O4P. The standard InChI is InChI=1S/C8H11Br2O4P/c9-7-1-5(11)3-15(13,14)4-6(12)2-8(7)10/h7-8H,1-4H2,(H,13,14)/t7-,8-/m1/s1. The first-order chi connectivity index (χ1) is 6.80. The number of carbonyl (C=O) groups excluding carboxylic acids is 2. The Balaban J connectivity index is 2.86. The minimum Gasteiger partial charge on any atom is -0.344 e. The summed E-state index contributed by atoms with van der Waals surface area (Å²) < 4.78 is 11.5. The second-order valence-corrected chi connectivity index (χ2v) is 8.36. The lowest BCUT2D eigenvalue weighted by Crippen LogP contribution is -2.20. The second-order valence-electron chi connectivity index (χ2n) is 3.68. The van der Waals surface area contributed by atoms with E-state index in [2.05, 4.69) is 31.9 Å². The van der Waals surface area contributed by atoms with E-state index in [1.165, 1.54) is 0 Å². The average molecular weight is 362 g/mol. The first-order valence-corrected chi connectivity index (χ1v) is 8.29. The van der Waals surface area contributed by atoms with Crippen molar-refractivity contribution in [3.05, 3.63) is 0 Å². The highest BCUT2D eigenvalue weighted by Crippen LogP contribution is 2.42. The Kier molecular flexibility index (Phi) is 4.71. The highest BCUT2D eigenvalue weighted by Gasteiger charge is 2.32. The predicted molar refractivity (Wildman–Crippen MR) is 64.2 cm³/mol. The Bertz CT molecular complexity index is 303. The van der Waals surface area contributed by atoms with Gasteiger partial charge in [0.2, 0.25) is 7.37 Å². The van der Waals surface area contributed by atoms with E-state index >= 15 is 0 Å². The van der Waals surface area contributed by atoms with Crippen LogP contribution in [0, 0.1) is 0 Å². The summed E-state index contributed by atoms with van der Waals surface area (Å²) in [5.74, 6) is -0.552. The minimum atomic E-state index is -3.59. The molecule has 0 aromatic heterocycles. The van der Waals surface area contributed by atoms with Gasteiger partial charge in [0.25, 0.3) is 0 Å². The second kappa shape index (κ2) is 5.21. The van der Waals surface area contributed by atoms with E-state index in [0.29, 0.717) is 0 Å². The molecule has 0 unspecified atom stereocenters. The lowest BCUT2D eigenvalue weighted by Gasteiger charge is -2.12. The molecule has 0 aromatic carbocycles. The van der Waals surface area contributed by atoms with Gasteiger partial charge in [0, 0.05) is 22.5 Å². The largest absolute Gasteiger partial charge is 0.344 e. The Labute approximate surface area is 105 Å². The first-order valence-electron chi connectivity index (χ1n) is 4.42. The van der Waals surface area contributed by atoms with Crippen LogP contribution in [0.25, 0.3) is 0 Å².